The number of pyridine rings is 1. The molecule has 1 heterocycles. The lowest BCUT2D eigenvalue weighted by Crippen LogP contribution is -2.08. The largest absolute Gasteiger partial charge is 0.495 e. The number of nitrogens with zero attached hydrogens (tertiary/aromatic N) is 1. The van der Waals surface area contributed by atoms with Crippen molar-refractivity contribution in [2.24, 2.45) is 0 Å². The number of nitrogen functional groups attached to an aromatic ring is 1. The van der Waals surface area contributed by atoms with Crippen LogP contribution in [-0.2, 0) is 6.67 Å². The first-order valence-electron chi connectivity index (χ1n) is 5.65. The van der Waals surface area contributed by atoms with E-state index in [1.54, 1.807) is 18.2 Å². The molecule has 0 saturated carbocycles. The van der Waals surface area contributed by atoms with E-state index >= 15 is 0 Å². The third kappa shape index (κ3) is 2.54. The molecule has 19 heavy (non-hydrogen) atoms. The number of hydrogen-bond donors (Lipinski definition) is 1. The Kier molecular flexibility index (Phi) is 3.75. The highest BCUT2D eigenvalue weighted by Gasteiger charge is 2.16. The number of halogens is 1. The third-order valence-electron chi connectivity index (χ3n) is 2.74. The summed E-state index contributed by atoms with van der Waals surface area (Å²) in [7, 11) is 1.48. The molecule has 0 atom stereocenters. The molecule has 0 fully saturated rings. The average molecular weight is 260 g/mol. The van der Waals surface area contributed by atoms with Crippen LogP contribution < -0.4 is 10.5 Å². The van der Waals surface area contributed by atoms with Gasteiger partial charge in [0.2, 0.25) is 5.78 Å². The Morgan fingerprint density at radius 2 is 2.16 bits per heavy atom. The highest BCUT2D eigenvalue weighted by Crippen LogP contribution is 2.26. The van der Waals surface area contributed by atoms with Gasteiger partial charge in [0.25, 0.3) is 0 Å². The van der Waals surface area contributed by atoms with E-state index in [-0.39, 0.29) is 17.2 Å². The zero-order valence-corrected chi connectivity index (χ0v) is 10.4. The third-order valence-corrected chi connectivity index (χ3v) is 2.74. The lowest BCUT2D eigenvalue weighted by atomic mass is 10.0. The molecule has 2 aromatic rings. The van der Waals surface area contributed by atoms with Crippen LogP contribution in [0.5, 0.6) is 5.75 Å². The Morgan fingerprint density at radius 1 is 1.37 bits per heavy atom. The predicted molar refractivity (Wildman–Crippen MR) is 69.9 cm³/mol. The summed E-state index contributed by atoms with van der Waals surface area (Å²) in [5, 5.41) is 0. The number of ketones is 1. The molecular formula is C14H13FN2O2. The summed E-state index contributed by atoms with van der Waals surface area (Å²) in [5.41, 5.74) is 7.09. The van der Waals surface area contributed by atoms with E-state index in [0.29, 0.717) is 16.9 Å². The fourth-order valence-electron chi connectivity index (χ4n) is 1.70. The molecule has 98 valence electrons. The molecule has 2 N–H and O–H groups in total. The smallest absolute Gasteiger partial charge is 0.213 e. The van der Waals surface area contributed by atoms with E-state index in [1.165, 1.54) is 25.4 Å². The molecule has 0 spiro atoms. The van der Waals surface area contributed by atoms with Crippen LogP contribution in [0.15, 0.2) is 36.5 Å². The zero-order chi connectivity index (χ0) is 13.8. The SMILES string of the molecule is COc1cccc(C(=O)c2ccc(CF)cn2)c1N. The number of para-hydroxylation sites is 1. The molecule has 5 heteroatoms. The minimum atomic E-state index is -0.608. The Bertz CT molecular complexity index is 597. The lowest BCUT2D eigenvalue weighted by Gasteiger charge is -2.08. The van der Waals surface area contributed by atoms with E-state index < -0.39 is 6.67 Å². The summed E-state index contributed by atoms with van der Waals surface area (Å²) >= 11 is 0. The van der Waals surface area contributed by atoms with Crippen molar-refractivity contribution in [3.63, 3.8) is 0 Å². The van der Waals surface area contributed by atoms with Crippen LogP contribution in [-0.4, -0.2) is 17.9 Å². The van der Waals surface area contributed by atoms with Crippen LogP contribution in [0, 0.1) is 0 Å². The Balaban J connectivity index is 2.38. The number of ether oxygens (including phenoxy) is 1. The van der Waals surface area contributed by atoms with Gasteiger partial charge in [0.15, 0.2) is 0 Å². The maximum Gasteiger partial charge on any atom is 0.213 e. The summed E-state index contributed by atoms with van der Waals surface area (Å²) in [6, 6.07) is 7.96. The molecule has 2 rings (SSSR count). The zero-order valence-electron chi connectivity index (χ0n) is 10.4. The van der Waals surface area contributed by atoms with Crippen molar-refractivity contribution in [1.82, 2.24) is 4.98 Å². The number of alkyl halides is 1. The molecule has 0 aliphatic heterocycles. The van der Waals surface area contributed by atoms with Gasteiger partial charge in [-0.3, -0.25) is 9.78 Å². The second-order valence-electron chi connectivity index (χ2n) is 3.94. The van der Waals surface area contributed by atoms with Crippen LogP contribution >= 0.6 is 0 Å². The van der Waals surface area contributed by atoms with Crippen molar-refractivity contribution in [2.45, 2.75) is 6.67 Å². The fourth-order valence-corrected chi connectivity index (χ4v) is 1.70. The van der Waals surface area contributed by atoms with E-state index in [2.05, 4.69) is 4.98 Å². The van der Waals surface area contributed by atoms with Crippen LogP contribution in [0.25, 0.3) is 0 Å². The molecular weight excluding hydrogens is 247 g/mol. The summed E-state index contributed by atoms with van der Waals surface area (Å²) in [4.78, 5) is 16.2. The summed E-state index contributed by atoms with van der Waals surface area (Å²) in [5.74, 6) is 0.119. The number of carbonyl (C=O) groups is 1. The number of aromatic nitrogens is 1. The first-order chi connectivity index (χ1) is 9.17. The van der Waals surface area contributed by atoms with Gasteiger partial charge in [0.1, 0.15) is 18.1 Å². The van der Waals surface area contributed by atoms with Crippen molar-refractivity contribution >= 4 is 11.5 Å². The lowest BCUT2D eigenvalue weighted by molar-refractivity contribution is 0.103. The van der Waals surface area contributed by atoms with E-state index in [9.17, 15) is 9.18 Å². The first-order valence-corrected chi connectivity index (χ1v) is 5.65. The van der Waals surface area contributed by atoms with Crippen molar-refractivity contribution < 1.29 is 13.9 Å². The minimum Gasteiger partial charge on any atom is -0.495 e. The average Bonchev–Trinajstić information content (AvgIpc) is 2.47. The summed E-state index contributed by atoms with van der Waals surface area (Å²) in [6.45, 7) is -0.608. The molecule has 1 aromatic heterocycles. The molecule has 0 aliphatic rings. The number of carbonyl (C=O) groups excluding carboxylic acids is 1. The van der Waals surface area contributed by atoms with Crippen molar-refractivity contribution in [1.29, 1.82) is 0 Å². The summed E-state index contributed by atoms with van der Waals surface area (Å²) in [6.07, 6.45) is 1.34. The first kappa shape index (κ1) is 13.0. The molecule has 1 aromatic carbocycles. The number of hydrogen-bond acceptors (Lipinski definition) is 4. The quantitative estimate of drug-likeness (QED) is 0.677. The maximum atomic E-state index is 12.4. The van der Waals surface area contributed by atoms with E-state index in [1.807, 2.05) is 0 Å². The summed E-state index contributed by atoms with van der Waals surface area (Å²) < 4.78 is 17.4. The molecule has 0 unspecified atom stereocenters. The fraction of sp³-hybridized carbons (Fsp3) is 0.143. The Hall–Kier alpha value is -2.43. The Morgan fingerprint density at radius 3 is 2.74 bits per heavy atom. The number of nitrogens with two attached hydrogens (primary N) is 1. The number of rotatable bonds is 4. The van der Waals surface area contributed by atoms with E-state index in [4.69, 9.17) is 10.5 Å². The van der Waals surface area contributed by atoms with E-state index in [0.717, 1.165) is 0 Å². The number of methoxy groups -OCH3 is 1. The second-order valence-corrected chi connectivity index (χ2v) is 3.94. The van der Waals surface area contributed by atoms with Gasteiger partial charge in [-0.05, 0) is 18.2 Å². The monoisotopic (exact) mass is 260 g/mol. The van der Waals surface area contributed by atoms with Gasteiger partial charge in [-0.15, -0.1) is 0 Å². The van der Waals surface area contributed by atoms with Gasteiger partial charge < -0.3 is 10.5 Å². The van der Waals surface area contributed by atoms with Crippen molar-refractivity contribution in [3.8, 4) is 5.75 Å². The van der Waals surface area contributed by atoms with Gasteiger partial charge in [-0.2, -0.15) is 0 Å². The molecule has 0 radical (unpaired) electrons. The van der Waals surface area contributed by atoms with Crippen molar-refractivity contribution in [2.75, 3.05) is 12.8 Å². The highest BCUT2D eigenvalue weighted by molar-refractivity contribution is 6.11. The number of anilines is 1. The van der Waals surface area contributed by atoms with Gasteiger partial charge >= 0.3 is 0 Å². The highest BCUT2D eigenvalue weighted by atomic mass is 19.1. The van der Waals surface area contributed by atoms with Gasteiger partial charge in [0, 0.05) is 11.8 Å². The van der Waals surface area contributed by atoms with Crippen LogP contribution in [0.3, 0.4) is 0 Å². The minimum absolute atomic E-state index is 0.220. The Labute approximate surface area is 110 Å². The predicted octanol–water partition coefficient (Wildman–Crippen LogP) is 2.37. The molecule has 0 amide bonds. The second kappa shape index (κ2) is 5.48. The van der Waals surface area contributed by atoms with Gasteiger partial charge in [-0.25, -0.2) is 4.39 Å². The van der Waals surface area contributed by atoms with Gasteiger partial charge in [-0.1, -0.05) is 12.1 Å². The molecule has 4 nitrogen and oxygen atoms in total. The van der Waals surface area contributed by atoms with Crippen LogP contribution in [0.1, 0.15) is 21.6 Å². The molecule has 0 bridgehead atoms. The van der Waals surface area contributed by atoms with Gasteiger partial charge in [0.05, 0.1) is 18.4 Å². The maximum absolute atomic E-state index is 12.4. The molecule has 0 saturated heterocycles. The number of benzene rings is 1. The standard InChI is InChI=1S/C14H13FN2O2/c1-19-12-4-2-3-10(13(12)16)14(18)11-6-5-9(7-15)8-17-11/h2-6,8H,7,16H2,1H3. The topological polar surface area (TPSA) is 65.2 Å². The molecule has 0 aliphatic carbocycles. The van der Waals surface area contributed by atoms with Crippen LogP contribution in [0.4, 0.5) is 10.1 Å². The van der Waals surface area contributed by atoms with Crippen molar-refractivity contribution in [3.05, 3.63) is 53.3 Å². The normalized spacial score (nSPS) is 10.2. The van der Waals surface area contributed by atoms with Crippen LogP contribution in [0.2, 0.25) is 0 Å².